The number of ether oxygens (including phenoxy) is 2. The van der Waals surface area contributed by atoms with Gasteiger partial charge < -0.3 is 19.3 Å². The van der Waals surface area contributed by atoms with Crippen molar-refractivity contribution >= 4 is 29.5 Å². The zero-order valence-corrected chi connectivity index (χ0v) is 21.5. The number of fused-ring (bicyclic) bond motifs is 4. The molecule has 9 heteroatoms. The number of hydrogen-bond acceptors (Lipinski definition) is 5. The van der Waals surface area contributed by atoms with Crippen LogP contribution in [0.15, 0.2) is 12.1 Å². The van der Waals surface area contributed by atoms with Crippen LogP contribution in [0.3, 0.4) is 0 Å². The average Bonchev–Trinajstić information content (AvgIpc) is 2.82. The number of piperidine rings is 2. The van der Waals surface area contributed by atoms with Gasteiger partial charge in [0, 0.05) is 49.6 Å². The fourth-order valence-corrected chi connectivity index (χ4v) is 6.08. The lowest BCUT2D eigenvalue weighted by atomic mass is 9.79. The van der Waals surface area contributed by atoms with E-state index in [-0.39, 0.29) is 30.1 Å². The van der Waals surface area contributed by atoms with Crippen LogP contribution in [0.1, 0.15) is 62.8 Å². The van der Waals surface area contributed by atoms with Crippen molar-refractivity contribution < 1.29 is 23.9 Å². The number of amides is 3. The Hall–Kier alpha value is -2.32. The van der Waals surface area contributed by atoms with Crippen LogP contribution in [0.2, 0.25) is 5.02 Å². The number of halogens is 1. The van der Waals surface area contributed by atoms with E-state index < -0.39 is 5.60 Å². The fourth-order valence-electron chi connectivity index (χ4n) is 5.84. The smallest absolute Gasteiger partial charge is 0.410 e. The summed E-state index contributed by atoms with van der Waals surface area (Å²) in [5.41, 5.74) is 2.43. The van der Waals surface area contributed by atoms with Crippen LogP contribution in [0.4, 0.5) is 9.59 Å². The van der Waals surface area contributed by atoms with Gasteiger partial charge in [-0.3, -0.25) is 9.69 Å². The second-order valence-electron chi connectivity index (χ2n) is 11.1. The predicted molar refractivity (Wildman–Crippen MR) is 130 cm³/mol. The molecule has 0 aromatic heterocycles. The molecule has 4 aliphatic heterocycles. The maximum Gasteiger partial charge on any atom is 0.410 e. The van der Waals surface area contributed by atoms with Gasteiger partial charge in [0.2, 0.25) is 0 Å². The van der Waals surface area contributed by atoms with E-state index in [2.05, 4.69) is 0 Å². The molecular formula is C26H34ClN3O5. The Labute approximate surface area is 211 Å². The number of carbonyl (C=O) groups excluding carboxylic acids is 3. The standard InChI is InChI=1S/C26H34ClN3O5/c1-26(2,3)35-25(33)29-8-9-34-15-22(29)20-11-18(27)10-16-6-7-28(14-21(16)20)24(32)30-13-17-4-5-19(30)12-23(17)31/h10-11,17,19,22H,4-9,12-15H2,1-3H3. The Balaban J connectivity index is 1.41. The number of Topliss-reactive ketones (excluding diaryl/α,β-unsaturated/α-hetero) is 1. The number of morpholine rings is 1. The average molecular weight is 504 g/mol. The van der Waals surface area contributed by atoms with Crippen LogP contribution in [0.5, 0.6) is 0 Å². The first-order valence-corrected chi connectivity index (χ1v) is 13.0. The summed E-state index contributed by atoms with van der Waals surface area (Å²) >= 11 is 6.52. The third kappa shape index (κ3) is 4.87. The predicted octanol–water partition coefficient (Wildman–Crippen LogP) is 4.18. The largest absolute Gasteiger partial charge is 0.444 e. The number of nitrogens with zero attached hydrogens (tertiary/aromatic N) is 3. The van der Waals surface area contributed by atoms with Gasteiger partial charge >= 0.3 is 12.1 Å². The van der Waals surface area contributed by atoms with Crippen molar-refractivity contribution in [2.45, 2.75) is 70.7 Å². The second kappa shape index (κ2) is 9.28. The number of carbonyl (C=O) groups is 3. The van der Waals surface area contributed by atoms with Gasteiger partial charge in [0.25, 0.3) is 0 Å². The summed E-state index contributed by atoms with van der Waals surface area (Å²) in [6, 6.07) is 3.53. The van der Waals surface area contributed by atoms with E-state index in [1.807, 2.05) is 42.7 Å². The minimum atomic E-state index is -0.605. The van der Waals surface area contributed by atoms with Crippen LogP contribution in [0, 0.1) is 5.92 Å². The zero-order valence-electron chi connectivity index (χ0n) is 20.7. The molecule has 3 atom stereocenters. The van der Waals surface area contributed by atoms with Crippen molar-refractivity contribution in [2.24, 2.45) is 5.92 Å². The molecule has 1 aromatic rings. The normalized spacial score (nSPS) is 26.6. The van der Waals surface area contributed by atoms with Crippen molar-refractivity contribution in [1.82, 2.24) is 14.7 Å². The van der Waals surface area contributed by atoms with Crippen LogP contribution in [0.25, 0.3) is 0 Å². The maximum atomic E-state index is 13.5. The molecule has 0 N–H and O–H groups in total. The topological polar surface area (TPSA) is 79.4 Å². The summed E-state index contributed by atoms with van der Waals surface area (Å²) in [6.07, 6.45) is 2.58. The molecule has 6 rings (SSSR count). The summed E-state index contributed by atoms with van der Waals surface area (Å²) in [5.74, 6) is 0.280. The van der Waals surface area contributed by atoms with E-state index in [4.69, 9.17) is 21.1 Å². The maximum absolute atomic E-state index is 13.5. The highest BCUT2D eigenvalue weighted by Gasteiger charge is 2.43. The number of urea groups is 1. The minimum absolute atomic E-state index is 0.00245. The molecule has 5 aliphatic rings. The SMILES string of the molecule is CC(C)(C)OC(=O)N1CCOCC1c1cc(Cl)cc2c1CN(C(=O)N1CC3CCC1CC3=O)CC2. The molecule has 4 fully saturated rings. The van der Waals surface area contributed by atoms with Gasteiger partial charge in [-0.05, 0) is 68.9 Å². The molecule has 0 radical (unpaired) electrons. The highest BCUT2D eigenvalue weighted by atomic mass is 35.5. The number of hydrogen-bond donors (Lipinski definition) is 0. The first-order valence-electron chi connectivity index (χ1n) is 12.6. The molecule has 35 heavy (non-hydrogen) atoms. The number of ketones is 1. The van der Waals surface area contributed by atoms with Crippen molar-refractivity contribution in [1.29, 1.82) is 0 Å². The zero-order chi connectivity index (χ0) is 24.9. The lowest BCUT2D eigenvalue weighted by molar-refractivity contribution is -0.131. The number of rotatable bonds is 1. The van der Waals surface area contributed by atoms with E-state index in [9.17, 15) is 14.4 Å². The Bertz CT molecular complexity index is 1040. The third-order valence-electron chi connectivity index (χ3n) is 7.57. The molecular weight excluding hydrogens is 470 g/mol. The molecule has 2 bridgehead atoms. The Kier molecular flexibility index (Phi) is 6.46. The van der Waals surface area contributed by atoms with Crippen LogP contribution >= 0.6 is 11.6 Å². The monoisotopic (exact) mass is 503 g/mol. The lowest BCUT2D eigenvalue weighted by Crippen LogP contribution is -2.58. The Morgan fingerprint density at radius 1 is 1.14 bits per heavy atom. The van der Waals surface area contributed by atoms with Crippen molar-refractivity contribution in [3.63, 3.8) is 0 Å². The lowest BCUT2D eigenvalue weighted by Gasteiger charge is -2.46. The summed E-state index contributed by atoms with van der Waals surface area (Å²) < 4.78 is 11.5. The first kappa shape index (κ1) is 24.4. The number of benzene rings is 1. The molecule has 1 saturated carbocycles. The van der Waals surface area contributed by atoms with E-state index in [0.29, 0.717) is 63.0 Å². The van der Waals surface area contributed by atoms with E-state index in [0.717, 1.165) is 29.5 Å². The summed E-state index contributed by atoms with van der Waals surface area (Å²) in [5, 5.41) is 0.611. The van der Waals surface area contributed by atoms with E-state index in [1.165, 1.54) is 0 Å². The van der Waals surface area contributed by atoms with Gasteiger partial charge in [0.05, 0.1) is 19.3 Å². The molecule has 0 spiro atoms. The summed E-state index contributed by atoms with van der Waals surface area (Å²) in [4.78, 5) is 44.3. The molecule has 190 valence electrons. The van der Waals surface area contributed by atoms with Gasteiger partial charge in [0.1, 0.15) is 11.4 Å². The minimum Gasteiger partial charge on any atom is -0.444 e. The Morgan fingerprint density at radius 3 is 2.63 bits per heavy atom. The summed E-state index contributed by atoms with van der Waals surface area (Å²) in [7, 11) is 0. The van der Waals surface area contributed by atoms with E-state index >= 15 is 0 Å². The second-order valence-corrected chi connectivity index (χ2v) is 11.5. The van der Waals surface area contributed by atoms with Crippen LogP contribution in [-0.2, 0) is 27.2 Å². The van der Waals surface area contributed by atoms with Crippen molar-refractivity contribution in [2.75, 3.05) is 32.8 Å². The van der Waals surface area contributed by atoms with E-state index in [1.54, 1.807) is 4.90 Å². The van der Waals surface area contributed by atoms with Gasteiger partial charge in [-0.2, -0.15) is 0 Å². The quantitative estimate of drug-likeness (QED) is 0.574. The Morgan fingerprint density at radius 2 is 1.94 bits per heavy atom. The van der Waals surface area contributed by atoms with Gasteiger partial charge in [-0.1, -0.05) is 11.6 Å². The molecule has 3 amide bonds. The molecule has 3 saturated heterocycles. The molecule has 4 heterocycles. The van der Waals surface area contributed by atoms with Gasteiger partial charge in [-0.15, -0.1) is 0 Å². The van der Waals surface area contributed by atoms with Gasteiger partial charge in [-0.25, -0.2) is 9.59 Å². The molecule has 1 aliphatic carbocycles. The molecule has 8 nitrogen and oxygen atoms in total. The highest BCUT2D eigenvalue weighted by molar-refractivity contribution is 6.30. The van der Waals surface area contributed by atoms with Crippen molar-refractivity contribution in [3.05, 3.63) is 33.8 Å². The highest BCUT2D eigenvalue weighted by Crippen LogP contribution is 2.37. The summed E-state index contributed by atoms with van der Waals surface area (Å²) in [6.45, 7) is 8.35. The van der Waals surface area contributed by atoms with Crippen molar-refractivity contribution in [3.8, 4) is 0 Å². The fraction of sp³-hybridized carbons (Fsp3) is 0.654. The third-order valence-corrected chi connectivity index (χ3v) is 7.79. The van der Waals surface area contributed by atoms with Crippen LogP contribution < -0.4 is 0 Å². The molecule has 1 aromatic carbocycles. The molecule has 3 unspecified atom stereocenters. The van der Waals surface area contributed by atoms with Gasteiger partial charge in [0.15, 0.2) is 0 Å². The van der Waals surface area contributed by atoms with Crippen LogP contribution in [-0.4, -0.2) is 77.1 Å². The first-order chi connectivity index (χ1) is 16.6.